The number of piperidine rings is 1. The molecule has 1 N–H and O–H groups in total. The van der Waals surface area contributed by atoms with Crippen LogP contribution in [0.15, 0.2) is 42.7 Å². The lowest BCUT2D eigenvalue weighted by atomic mass is 9.86. The second kappa shape index (κ2) is 13.9. The van der Waals surface area contributed by atoms with Gasteiger partial charge in [-0.3, -0.25) is 0 Å². The Morgan fingerprint density at radius 2 is 1.72 bits per heavy atom. The predicted octanol–water partition coefficient (Wildman–Crippen LogP) is 6.44. The summed E-state index contributed by atoms with van der Waals surface area (Å²) in [6.45, 7) is 2.83. The Balaban J connectivity index is 1.17. The van der Waals surface area contributed by atoms with E-state index >= 15 is 0 Å². The zero-order valence-electron chi connectivity index (χ0n) is 23.5. The zero-order chi connectivity index (χ0) is 26.9. The first-order valence-corrected chi connectivity index (χ1v) is 14.7. The average Bonchev–Trinajstić information content (AvgIpc) is 3.00. The van der Waals surface area contributed by atoms with Crippen LogP contribution < -0.4 is 19.5 Å². The summed E-state index contributed by atoms with van der Waals surface area (Å²) in [6.07, 6.45) is 15.5. The maximum Gasteiger partial charge on any atom is 0.316 e. The van der Waals surface area contributed by atoms with Crippen molar-refractivity contribution >= 4 is 10.8 Å². The molecule has 1 aliphatic heterocycles. The van der Waals surface area contributed by atoms with Gasteiger partial charge in [0.05, 0.1) is 33.5 Å². The minimum Gasteiger partial charge on any atom is -0.496 e. The number of aromatic nitrogens is 2. The molecule has 7 heteroatoms. The van der Waals surface area contributed by atoms with Crippen LogP contribution in [0.2, 0.25) is 0 Å². The van der Waals surface area contributed by atoms with Crippen LogP contribution in [0.1, 0.15) is 74.8 Å². The summed E-state index contributed by atoms with van der Waals surface area (Å²) in [7, 11) is 3.41. The highest BCUT2D eigenvalue weighted by atomic mass is 16.5. The first kappa shape index (κ1) is 27.7. The van der Waals surface area contributed by atoms with Gasteiger partial charge in [0.15, 0.2) is 0 Å². The molecule has 7 nitrogen and oxygen atoms in total. The molecule has 0 bridgehead atoms. The Kier molecular flexibility index (Phi) is 9.89. The van der Waals surface area contributed by atoms with Crippen molar-refractivity contribution < 1.29 is 18.9 Å². The summed E-state index contributed by atoms with van der Waals surface area (Å²) >= 11 is 0. The monoisotopic (exact) mass is 533 g/mol. The van der Waals surface area contributed by atoms with E-state index < -0.39 is 0 Å². The van der Waals surface area contributed by atoms with E-state index in [9.17, 15) is 0 Å². The van der Waals surface area contributed by atoms with Crippen molar-refractivity contribution in [3.05, 3.63) is 53.9 Å². The van der Waals surface area contributed by atoms with Gasteiger partial charge in [0.25, 0.3) is 0 Å². The number of methoxy groups -OCH3 is 2. The number of unbranched alkanes of at least 4 members (excludes halogenated alkanes) is 1. The van der Waals surface area contributed by atoms with E-state index in [4.69, 9.17) is 18.9 Å². The molecule has 1 saturated heterocycles. The van der Waals surface area contributed by atoms with Gasteiger partial charge in [-0.1, -0.05) is 62.8 Å². The van der Waals surface area contributed by atoms with E-state index in [1.165, 1.54) is 44.9 Å². The maximum absolute atomic E-state index is 6.51. The van der Waals surface area contributed by atoms with Crippen molar-refractivity contribution in [2.75, 3.05) is 33.9 Å². The summed E-state index contributed by atoms with van der Waals surface area (Å²) in [4.78, 5) is 9.06. The summed E-state index contributed by atoms with van der Waals surface area (Å²) in [6, 6.07) is 10.6. The first-order chi connectivity index (χ1) is 19.3. The highest BCUT2D eigenvalue weighted by Gasteiger charge is 2.28. The molecule has 1 aromatic heterocycles. The lowest BCUT2D eigenvalue weighted by Gasteiger charge is -2.32. The molecule has 0 spiro atoms. The molecule has 2 fully saturated rings. The van der Waals surface area contributed by atoms with Crippen molar-refractivity contribution in [1.29, 1.82) is 0 Å². The van der Waals surface area contributed by atoms with Gasteiger partial charge in [-0.05, 0) is 43.4 Å². The largest absolute Gasteiger partial charge is 0.496 e. The molecule has 210 valence electrons. The number of hydrogen-bond acceptors (Lipinski definition) is 7. The average molecular weight is 534 g/mol. The predicted molar refractivity (Wildman–Crippen MR) is 154 cm³/mol. The van der Waals surface area contributed by atoms with Gasteiger partial charge >= 0.3 is 6.01 Å². The normalized spacial score (nSPS) is 20.2. The molecule has 2 atom stereocenters. The highest BCUT2D eigenvalue weighted by molar-refractivity contribution is 5.94. The van der Waals surface area contributed by atoms with Crippen molar-refractivity contribution in [3.63, 3.8) is 0 Å². The molecule has 0 unspecified atom stereocenters. The molecule has 0 amide bonds. The van der Waals surface area contributed by atoms with Crippen LogP contribution in [-0.2, 0) is 11.3 Å². The molecule has 2 aromatic carbocycles. The van der Waals surface area contributed by atoms with Crippen LogP contribution in [0.4, 0.5) is 0 Å². The molecular formula is C32H43N3O4. The molecule has 1 saturated carbocycles. The van der Waals surface area contributed by atoms with Gasteiger partial charge in [-0.15, -0.1) is 0 Å². The van der Waals surface area contributed by atoms with Gasteiger partial charge in [-0.25, -0.2) is 9.97 Å². The number of hydrogen-bond donors (Lipinski definition) is 1. The first-order valence-electron chi connectivity index (χ1n) is 14.7. The molecule has 3 aromatic rings. The Labute approximate surface area is 232 Å². The second-order valence-electron chi connectivity index (χ2n) is 10.9. The molecule has 2 aliphatic rings. The standard InChI is InChI=1S/C32H43N3O4/c1-36-29-18-24(31(37-2)28-14-7-6-13-27(28)29)22-39-30-21-33-16-15-26(30)25-19-34-32(35-20-25)38-17-9-8-12-23-10-4-3-5-11-23/h6-7,13-14,18-20,23,26,30,33H,3-5,8-12,15-17,21-22H2,1-2H3/t26-,30+/m1/s1. The highest BCUT2D eigenvalue weighted by Crippen LogP contribution is 2.38. The fourth-order valence-corrected chi connectivity index (χ4v) is 6.24. The van der Waals surface area contributed by atoms with E-state index in [-0.39, 0.29) is 12.0 Å². The minimum absolute atomic E-state index is 0.00363. The van der Waals surface area contributed by atoms with Crippen molar-refractivity contribution in [2.45, 2.75) is 76.4 Å². The third-order valence-electron chi connectivity index (χ3n) is 8.38. The summed E-state index contributed by atoms with van der Waals surface area (Å²) < 4.78 is 23.9. The molecule has 1 aliphatic carbocycles. The van der Waals surface area contributed by atoms with E-state index in [1.54, 1.807) is 14.2 Å². The maximum atomic E-state index is 6.51. The van der Waals surface area contributed by atoms with Crippen LogP contribution in [-0.4, -0.2) is 50.0 Å². The number of benzene rings is 2. The van der Waals surface area contributed by atoms with Gasteiger partial charge < -0.3 is 24.3 Å². The van der Waals surface area contributed by atoms with Crippen LogP contribution in [0.5, 0.6) is 17.5 Å². The van der Waals surface area contributed by atoms with E-state index in [2.05, 4.69) is 21.4 Å². The van der Waals surface area contributed by atoms with Crippen molar-refractivity contribution in [1.82, 2.24) is 15.3 Å². The van der Waals surface area contributed by atoms with Gasteiger partial charge in [-0.2, -0.15) is 0 Å². The van der Waals surface area contributed by atoms with Gasteiger partial charge in [0.1, 0.15) is 11.5 Å². The number of nitrogens with one attached hydrogen (secondary N) is 1. The number of rotatable bonds is 12. The van der Waals surface area contributed by atoms with Gasteiger partial charge in [0, 0.05) is 41.2 Å². The summed E-state index contributed by atoms with van der Waals surface area (Å²) in [5.41, 5.74) is 2.06. The van der Waals surface area contributed by atoms with Crippen molar-refractivity contribution in [3.8, 4) is 17.5 Å². The summed E-state index contributed by atoms with van der Waals surface area (Å²) in [5.74, 6) is 2.79. The van der Waals surface area contributed by atoms with E-state index in [0.717, 1.165) is 65.2 Å². The molecule has 0 radical (unpaired) electrons. The quantitative estimate of drug-likeness (QED) is 0.269. The third-order valence-corrected chi connectivity index (χ3v) is 8.38. The van der Waals surface area contributed by atoms with Crippen LogP contribution in [0.25, 0.3) is 10.8 Å². The fourth-order valence-electron chi connectivity index (χ4n) is 6.24. The topological polar surface area (TPSA) is 74.7 Å². The summed E-state index contributed by atoms with van der Waals surface area (Å²) in [5, 5.41) is 5.53. The molecule has 2 heterocycles. The molecular weight excluding hydrogens is 490 g/mol. The fraction of sp³-hybridized carbons (Fsp3) is 0.562. The lowest BCUT2D eigenvalue weighted by Crippen LogP contribution is -2.41. The molecule has 5 rings (SSSR count). The minimum atomic E-state index is -0.00363. The third kappa shape index (κ3) is 7.00. The molecule has 39 heavy (non-hydrogen) atoms. The SMILES string of the molecule is COc1cc(CO[C@H]2CNCC[C@@H]2c2cnc(OCCCCC3CCCCC3)nc2)c(OC)c2ccccc12. The second-order valence-corrected chi connectivity index (χ2v) is 10.9. The Morgan fingerprint density at radius 3 is 2.49 bits per heavy atom. The number of nitrogens with zero attached hydrogens (tertiary/aromatic N) is 2. The van der Waals surface area contributed by atoms with Gasteiger partial charge in [0.2, 0.25) is 0 Å². The van der Waals surface area contributed by atoms with Crippen LogP contribution >= 0.6 is 0 Å². The van der Waals surface area contributed by atoms with Crippen LogP contribution in [0, 0.1) is 5.92 Å². The Bertz CT molecular complexity index is 1180. The van der Waals surface area contributed by atoms with Crippen molar-refractivity contribution in [2.24, 2.45) is 5.92 Å². The number of fused-ring (bicyclic) bond motifs is 1. The smallest absolute Gasteiger partial charge is 0.316 e. The van der Waals surface area contributed by atoms with Crippen LogP contribution in [0.3, 0.4) is 0 Å². The van der Waals surface area contributed by atoms with E-state index in [1.807, 2.05) is 36.7 Å². The Hall–Kier alpha value is -2.90. The number of ether oxygens (including phenoxy) is 4. The van der Waals surface area contributed by atoms with E-state index in [0.29, 0.717) is 19.2 Å². The Morgan fingerprint density at radius 1 is 0.923 bits per heavy atom. The zero-order valence-corrected chi connectivity index (χ0v) is 23.5. The lowest BCUT2D eigenvalue weighted by molar-refractivity contribution is 0.00965.